The monoisotopic (exact) mass is 224 g/mol. The summed E-state index contributed by atoms with van der Waals surface area (Å²) in [7, 11) is 0. The molecule has 1 aliphatic heterocycles. The van der Waals surface area contributed by atoms with E-state index in [1.807, 2.05) is 16.8 Å². The Kier molecular flexibility index (Phi) is 3.38. The molecule has 0 bridgehead atoms. The van der Waals surface area contributed by atoms with E-state index in [0.29, 0.717) is 6.04 Å². The zero-order valence-electron chi connectivity index (χ0n) is 8.82. The van der Waals surface area contributed by atoms with E-state index in [9.17, 15) is 4.79 Å². The average Bonchev–Trinajstić information content (AvgIpc) is 2.70. The highest BCUT2D eigenvalue weighted by Gasteiger charge is 2.24. The van der Waals surface area contributed by atoms with Crippen molar-refractivity contribution < 1.29 is 4.79 Å². The molecule has 0 spiro atoms. The average molecular weight is 224 g/mol. The van der Waals surface area contributed by atoms with E-state index in [2.05, 4.69) is 17.6 Å². The summed E-state index contributed by atoms with van der Waals surface area (Å²) < 4.78 is 0. The highest BCUT2D eigenvalue weighted by atomic mass is 32.1. The first-order chi connectivity index (χ1) is 7.25. The van der Waals surface area contributed by atoms with E-state index in [-0.39, 0.29) is 11.8 Å². The predicted molar refractivity (Wildman–Crippen MR) is 63.1 cm³/mol. The highest BCUT2D eigenvalue weighted by Crippen LogP contribution is 2.19. The Morgan fingerprint density at radius 2 is 2.53 bits per heavy atom. The van der Waals surface area contributed by atoms with Crippen molar-refractivity contribution in [1.29, 1.82) is 0 Å². The molecule has 0 unspecified atom stereocenters. The van der Waals surface area contributed by atoms with Gasteiger partial charge in [-0.1, -0.05) is 0 Å². The molecular formula is C11H16N2OS. The van der Waals surface area contributed by atoms with Crippen LogP contribution < -0.4 is 10.6 Å². The van der Waals surface area contributed by atoms with Crippen LogP contribution in [0.4, 0.5) is 5.69 Å². The lowest BCUT2D eigenvalue weighted by atomic mass is 9.92. The number of carbonyl (C=O) groups is 1. The van der Waals surface area contributed by atoms with Crippen LogP contribution in [-0.4, -0.2) is 18.5 Å². The van der Waals surface area contributed by atoms with Gasteiger partial charge in [-0.05, 0) is 37.8 Å². The molecule has 1 amide bonds. The van der Waals surface area contributed by atoms with E-state index in [1.165, 1.54) is 0 Å². The highest BCUT2D eigenvalue weighted by molar-refractivity contribution is 7.08. The summed E-state index contributed by atoms with van der Waals surface area (Å²) in [4.78, 5) is 11.9. The molecule has 0 radical (unpaired) electrons. The Balaban J connectivity index is 1.90. The molecule has 1 fully saturated rings. The minimum absolute atomic E-state index is 0.168. The van der Waals surface area contributed by atoms with Crippen molar-refractivity contribution in [3.05, 3.63) is 16.8 Å². The third-order valence-corrected chi connectivity index (χ3v) is 3.47. The Hall–Kier alpha value is -0.870. The first kappa shape index (κ1) is 10.6. The third-order valence-electron chi connectivity index (χ3n) is 2.78. The number of anilines is 1. The fraction of sp³-hybridized carbons (Fsp3) is 0.545. The smallest absolute Gasteiger partial charge is 0.227 e. The van der Waals surface area contributed by atoms with E-state index in [1.54, 1.807) is 11.3 Å². The van der Waals surface area contributed by atoms with Crippen molar-refractivity contribution in [1.82, 2.24) is 5.32 Å². The molecule has 0 aliphatic carbocycles. The molecule has 2 atom stereocenters. The molecule has 15 heavy (non-hydrogen) atoms. The van der Waals surface area contributed by atoms with E-state index in [4.69, 9.17) is 0 Å². The van der Waals surface area contributed by atoms with Crippen LogP contribution >= 0.6 is 11.3 Å². The fourth-order valence-electron chi connectivity index (χ4n) is 1.95. The van der Waals surface area contributed by atoms with Crippen molar-refractivity contribution >= 4 is 22.9 Å². The molecule has 0 saturated carbocycles. The van der Waals surface area contributed by atoms with Crippen LogP contribution in [0.25, 0.3) is 0 Å². The van der Waals surface area contributed by atoms with Gasteiger partial charge in [0.05, 0.1) is 5.69 Å². The molecule has 1 aromatic heterocycles. The maximum atomic E-state index is 11.9. The Bertz CT molecular complexity index is 323. The molecule has 1 aliphatic rings. The van der Waals surface area contributed by atoms with Gasteiger partial charge in [0.15, 0.2) is 0 Å². The number of amides is 1. The van der Waals surface area contributed by atoms with Crippen LogP contribution in [0.1, 0.15) is 19.8 Å². The zero-order valence-corrected chi connectivity index (χ0v) is 9.64. The molecule has 2 heterocycles. The number of carbonyl (C=O) groups excluding carboxylic acids is 1. The summed E-state index contributed by atoms with van der Waals surface area (Å²) >= 11 is 1.60. The molecule has 1 saturated heterocycles. The summed E-state index contributed by atoms with van der Waals surface area (Å²) in [5.74, 6) is 0.336. The number of rotatable bonds is 2. The number of hydrogen-bond acceptors (Lipinski definition) is 3. The van der Waals surface area contributed by atoms with Gasteiger partial charge in [-0.15, -0.1) is 0 Å². The topological polar surface area (TPSA) is 41.1 Å². The van der Waals surface area contributed by atoms with Gasteiger partial charge in [0.25, 0.3) is 0 Å². The minimum atomic E-state index is 0.168. The quantitative estimate of drug-likeness (QED) is 0.807. The normalized spacial score (nSPS) is 26.2. The first-order valence-corrected chi connectivity index (χ1v) is 6.26. The lowest BCUT2D eigenvalue weighted by Crippen LogP contribution is -2.40. The minimum Gasteiger partial charge on any atom is -0.325 e. The van der Waals surface area contributed by atoms with Crippen LogP contribution in [0.2, 0.25) is 0 Å². The Labute approximate surface area is 93.9 Å². The van der Waals surface area contributed by atoms with Crippen LogP contribution in [0.3, 0.4) is 0 Å². The maximum Gasteiger partial charge on any atom is 0.227 e. The van der Waals surface area contributed by atoms with Gasteiger partial charge in [0.2, 0.25) is 5.91 Å². The Morgan fingerprint density at radius 3 is 3.20 bits per heavy atom. The fourth-order valence-corrected chi connectivity index (χ4v) is 2.54. The van der Waals surface area contributed by atoms with Crippen molar-refractivity contribution in [2.75, 3.05) is 11.9 Å². The number of piperidine rings is 1. The van der Waals surface area contributed by atoms with Crippen molar-refractivity contribution in [3.8, 4) is 0 Å². The molecule has 2 rings (SSSR count). The third kappa shape index (κ3) is 2.79. The maximum absolute atomic E-state index is 11.9. The molecule has 2 N–H and O–H groups in total. The summed E-state index contributed by atoms with van der Waals surface area (Å²) in [6.07, 6.45) is 1.89. The van der Waals surface area contributed by atoms with E-state index in [0.717, 1.165) is 25.1 Å². The number of hydrogen-bond donors (Lipinski definition) is 2. The second-order valence-corrected chi connectivity index (χ2v) is 4.86. The van der Waals surface area contributed by atoms with Gasteiger partial charge in [-0.25, -0.2) is 0 Å². The second-order valence-electron chi connectivity index (χ2n) is 4.08. The molecule has 82 valence electrons. The van der Waals surface area contributed by atoms with Crippen molar-refractivity contribution in [3.63, 3.8) is 0 Å². The summed E-state index contributed by atoms with van der Waals surface area (Å²) in [5, 5.41) is 10.2. The summed E-state index contributed by atoms with van der Waals surface area (Å²) in [5.41, 5.74) is 0.927. The lowest BCUT2D eigenvalue weighted by molar-refractivity contribution is -0.120. The summed E-state index contributed by atoms with van der Waals surface area (Å²) in [6, 6.07) is 2.39. The van der Waals surface area contributed by atoms with Gasteiger partial charge in [-0.2, -0.15) is 11.3 Å². The standard InChI is InChI=1S/C11H16N2OS/c1-8-6-9(2-4-12-8)11(14)13-10-3-5-15-7-10/h3,5,7-9,12H,2,4,6H2,1H3,(H,13,14)/t8-,9-/m0/s1. The van der Waals surface area contributed by atoms with Gasteiger partial charge >= 0.3 is 0 Å². The van der Waals surface area contributed by atoms with Crippen molar-refractivity contribution in [2.24, 2.45) is 5.92 Å². The Morgan fingerprint density at radius 1 is 1.67 bits per heavy atom. The lowest BCUT2D eigenvalue weighted by Gasteiger charge is -2.26. The van der Waals surface area contributed by atoms with E-state index < -0.39 is 0 Å². The zero-order chi connectivity index (χ0) is 10.7. The number of nitrogens with one attached hydrogen (secondary N) is 2. The number of thiophene rings is 1. The first-order valence-electron chi connectivity index (χ1n) is 5.32. The SMILES string of the molecule is C[C@H]1C[C@@H](C(=O)Nc2ccsc2)CCN1. The predicted octanol–water partition coefficient (Wildman–Crippen LogP) is 2.07. The van der Waals surface area contributed by atoms with Crippen LogP contribution in [0.5, 0.6) is 0 Å². The second kappa shape index (κ2) is 4.77. The molecule has 0 aromatic carbocycles. The largest absolute Gasteiger partial charge is 0.325 e. The molecule has 1 aromatic rings. The van der Waals surface area contributed by atoms with Crippen molar-refractivity contribution in [2.45, 2.75) is 25.8 Å². The van der Waals surface area contributed by atoms with Gasteiger partial charge < -0.3 is 10.6 Å². The van der Waals surface area contributed by atoms with Gasteiger partial charge in [0.1, 0.15) is 0 Å². The van der Waals surface area contributed by atoms with E-state index >= 15 is 0 Å². The molecular weight excluding hydrogens is 208 g/mol. The molecule has 4 heteroatoms. The van der Waals surface area contributed by atoms with Crippen LogP contribution in [0, 0.1) is 5.92 Å². The van der Waals surface area contributed by atoms with Gasteiger partial charge in [0, 0.05) is 17.3 Å². The summed E-state index contributed by atoms with van der Waals surface area (Å²) in [6.45, 7) is 3.08. The molecule has 3 nitrogen and oxygen atoms in total. The van der Waals surface area contributed by atoms with Crippen LogP contribution in [0.15, 0.2) is 16.8 Å². The van der Waals surface area contributed by atoms with Crippen LogP contribution in [-0.2, 0) is 4.79 Å². The van der Waals surface area contributed by atoms with Gasteiger partial charge in [-0.3, -0.25) is 4.79 Å².